The lowest BCUT2D eigenvalue weighted by Crippen LogP contribution is -2.58. The summed E-state index contributed by atoms with van der Waals surface area (Å²) in [6, 6.07) is 0. The summed E-state index contributed by atoms with van der Waals surface area (Å²) in [5.41, 5.74) is -2.51. The van der Waals surface area contributed by atoms with Crippen LogP contribution in [0.1, 0.15) is 46.0 Å². The SMILES string of the molecule is C#C[C@]1(O)C(=O)C(=O)C2C3C(CC[C@@]21C)[C@@]1(C)CC[C@H](OC(=O)OC)CC1=C[C@@H]3O. The number of fused-ring (bicyclic) bond motifs is 5. The highest BCUT2D eigenvalue weighted by Crippen LogP contribution is 2.65. The van der Waals surface area contributed by atoms with E-state index in [0.717, 1.165) is 12.0 Å². The van der Waals surface area contributed by atoms with Gasteiger partial charge in [-0.05, 0) is 37.0 Å². The minimum absolute atomic E-state index is 0.0403. The van der Waals surface area contributed by atoms with Crippen LogP contribution in [0.25, 0.3) is 0 Å². The molecule has 3 fully saturated rings. The molecule has 3 saturated carbocycles. The van der Waals surface area contributed by atoms with Gasteiger partial charge in [-0.25, -0.2) is 4.79 Å². The number of ketones is 2. The number of aliphatic hydroxyl groups excluding tert-OH is 1. The Morgan fingerprint density at radius 2 is 1.97 bits per heavy atom. The summed E-state index contributed by atoms with van der Waals surface area (Å²) in [7, 11) is 1.26. The van der Waals surface area contributed by atoms with Crippen LogP contribution in [0.5, 0.6) is 0 Å². The minimum atomic E-state index is -2.13. The standard InChI is InChI=1S/C23H28O7/c1-5-23(28)19(26)18(25)17-16-14(7-9-22(17,23)3)21(2)8-6-13(30-20(27)29-4)10-12(21)11-15(16)24/h1,11,13-17,24,28H,6-10H2,2-4H3/t13-,14?,15-,16?,17?,21-,22-,23-/m0/s1. The van der Waals surface area contributed by atoms with E-state index in [2.05, 4.69) is 17.6 Å². The number of terminal acetylenes is 1. The molecule has 0 saturated heterocycles. The normalized spacial score (nSPS) is 47.3. The second kappa shape index (κ2) is 6.66. The summed E-state index contributed by atoms with van der Waals surface area (Å²) in [6.07, 6.45) is 8.19. The van der Waals surface area contributed by atoms with Gasteiger partial charge in [0.25, 0.3) is 0 Å². The first kappa shape index (κ1) is 21.1. The van der Waals surface area contributed by atoms with Crippen molar-refractivity contribution in [3.63, 3.8) is 0 Å². The molecular weight excluding hydrogens is 388 g/mol. The van der Waals surface area contributed by atoms with Gasteiger partial charge in [0, 0.05) is 23.7 Å². The van der Waals surface area contributed by atoms with E-state index in [1.54, 1.807) is 13.0 Å². The van der Waals surface area contributed by atoms with Crippen LogP contribution in [0.3, 0.4) is 0 Å². The molecule has 0 amide bonds. The van der Waals surface area contributed by atoms with Gasteiger partial charge in [0.1, 0.15) is 6.10 Å². The number of hydrogen-bond acceptors (Lipinski definition) is 7. The summed E-state index contributed by atoms with van der Waals surface area (Å²) in [5, 5.41) is 22.0. The van der Waals surface area contributed by atoms with Gasteiger partial charge in [-0.2, -0.15) is 0 Å². The van der Waals surface area contributed by atoms with Crippen LogP contribution in [0.15, 0.2) is 11.6 Å². The molecule has 4 rings (SSSR count). The third kappa shape index (κ3) is 2.50. The van der Waals surface area contributed by atoms with Crippen molar-refractivity contribution >= 4 is 17.7 Å². The summed E-state index contributed by atoms with van der Waals surface area (Å²) in [5.74, 6) is -0.760. The van der Waals surface area contributed by atoms with Crippen LogP contribution in [-0.2, 0) is 19.1 Å². The molecule has 8 atom stereocenters. The van der Waals surface area contributed by atoms with Gasteiger partial charge in [0.15, 0.2) is 5.60 Å². The second-order valence-corrected chi connectivity index (χ2v) is 9.70. The number of methoxy groups -OCH3 is 1. The molecule has 0 aromatic heterocycles. The largest absolute Gasteiger partial charge is 0.508 e. The quantitative estimate of drug-likeness (QED) is 0.290. The number of hydrogen-bond donors (Lipinski definition) is 2. The van der Waals surface area contributed by atoms with Gasteiger partial charge in [-0.15, -0.1) is 6.42 Å². The molecule has 0 radical (unpaired) electrons. The van der Waals surface area contributed by atoms with Crippen molar-refractivity contribution < 1.29 is 34.1 Å². The van der Waals surface area contributed by atoms with Crippen molar-refractivity contribution in [3.8, 4) is 12.3 Å². The summed E-state index contributed by atoms with van der Waals surface area (Å²) >= 11 is 0. The van der Waals surface area contributed by atoms with Crippen LogP contribution in [0.4, 0.5) is 4.79 Å². The van der Waals surface area contributed by atoms with Crippen molar-refractivity contribution in [3.05, 3.63) is 11.6 Å². The van der Waals surface area contributed by atoms with Crippen LogP contribution in [-0.4, -0.2) is 52.9 Å². The van der Waals surface area contributed by atoms with Crippen molar-refractivity contribution in [2.75, 3.05) is 7.11 Å². The van der Waals surface area contributed by atoms with Crippen molar-refractivity contribution in [2.45, 2.75) is 63.8 Å². The fourth-order valence-electron chi connectivity index (χ4n) is 6.80. The van der Waals surface area contributed by atoms with Gasteiger partial charge in [-0.1, -0.05) is 31.4 Å². The zero-order chi connectivity index (χ0) is 22.1. The lowest BCUT2D eigenvalue weighted by atomic mass is 9.46. The van der Waals surface area contributed by atoms with E-state index >= 15 is 0 Å². The van der Waals surface area contributed by atoms with E-state index in [4.69, 9.17) is 11.2 Å². The molecule has 7 nitrogen and oxygen atoms in total. The Bertz CT molecular complexity index is 884. The number of ether oxygens (including phenoxy) is 2. The highest BCUT2D eigenvalue weighted by Gasteiger charge is 2.72. The Hall–Kier alpha value is -2.17. The average molecular weight is 416 g/mol. The fourth-order valence-corrected chi connectivity index (χ4v) is 6.80. The van der Waals surface area contributed by atoms with Crippen LogP contribution >= 0.6 is 0 Å². The molecule has 3 unspecified atom stereocenters. The highest BCUT2D eigenvalue weighted by atomic mass is 16.7. The zero-order valence-corrected chi connectivity index (χ0v) is 17.5. The van der Waals surface area contributed by atoms with E-state index in [-0.39, 0.29) is 17.4 Å². The number of carbonyl (C=O) groups excluding carboxylic acids is 3. The smallest absolute Gasteiger partial charge is 0.438 e. The Morgan fingerprint density at radius 3 is 2.60 bits per heavy atom. The number of rotatable bonds is 1. The van der Waals surface area contributed by atoms with Crippen molar-refractivity contribution in [1.82, 2.24) is 0 Å². The lowest BCUT2D eigenvalue weighted by Gasteiger charge is -2.58. The molecule has 162 valence electrons. The molecule has 0 aliphatic heterocycles. The molecular formula is C23H28O7. The van der Waals surface area contributed by atoms with Gasteiger partial charge in [0.05, 0.1) is 13.2 Å². The van der Waals surface area contributed by atoms with Gasteiger partial charge >= 0.3 is 6.16 Å². The minimum Gasteiger partial charge on any atom is -0.438 e. The fraction of sp³-hybridized carbons (Fsp3) is 0.696. The molecule has 4 aliphatic rings. The van der Waals surface area contributed by atoms with Crippen LogP contribution in [0, 0.1) is 40.9 Å². The van der Waals surface area contributed by atoms with E-state index < -0.39 is 46.7 Å². The first-order valence-corrected chi connectivity index (χ1v) is 10.5. The molecule has 7 heteroatoms. The summed E-state index contributed by atoms with van der Waals surface area (Å²) in [4.78, 5) is 37.1. The van der Waals surface area contributed by atoms with E-state index in [1.807, 2.05) is 0 Å². The number of aliphatic hydroxyl groups is 2. The Balaban J connectivity index is 1.71. The van der Waals surface area contributed by atoms with E-state index in [9.17, 15) is 24.6 Å². The van der Waals surface area contributed by atoms with Gasteiger partial charge in [-0.3, -0.25) is 9.59 Å². The molecule has 0 spiro atoms. The highest BCUT2D eigenvalue weighted by molar-refractivity contribution is 6.44. The maximum absolute atomic E-state index is 13.0. The molecule has 4 aliphatic carbocycles. The molecule has 0 aromatic rings. The van der Waals surface area contributed by atoms with E-state index in [1.165, 1.54) is 7.11 Å². The second-order valence-electron chi connectivity index (χ2n) is 9.70. The maximum Gasteiger partial charge on any atom is 0.508 e. The monoisotopic (exact) mass is 416 g/mol. The molecule has 0 heterocycles. The van der Waals surface area contributed by atoms with Crippen LogP contribution < -0.4 is 0 Å². The van der Waals surface area contributed by atoms with Crippen LogP contribution in [0.2, 0.25) is 0 Å². The predicted octanol–water partition coefficient (Wildman–Crippen LogP) is 1.79. The molecule has 0 bridgehead atoms. The molecule has 30 heavy (non-hydrogen) atoms. The van der Waals surface area contributed by atoms with E-state index in [0.29, 0.717) is 25.7 Å². The van der Waals surface area contributed by atoms with Crippen molar-refractivity contribution in [1.29, 1.82) is 0 Å². The summed E-state index contributed by atoms with van der Waals surface area (Å²) < 4.78 is 9.92. The molecule has 0 aromatic carbocycles. The van der Waals surface area contributed by atoms with Gasteiger partial charge < -0.3 is 19.7 Å². The maximum atomic E-state index is 13.0. The van der Waals surface area contributed by atoms with Gasteiger partial charge in [0.2, 0.25) is 11.6 Å². The Morgan fingerprint density at radius 1 is 1.27 bits per heavy atom. The topological polar surface area (TPSA) is 110 Å². The third-order valence-electron chi connectivity index (χ3n) is 8.56. The molecule has 2 N–H and O–H groups in total. The average Bonchev–Trinajstić information content (AvgIpc) is 2.87. The lowest BCUT2D eigenvalue weighted by molar-refractivity contribution is -0.144. The summed E-state index contributed by atoms with van der Waals surface area (Å²) in [6.45, 7) is 3.82. The first-order chi connectivity index (χ1) is 14.0. The number of Topliss-reactive ketones (excluding diaryl/α,β-unsaturated/α-hetero) is 2. The Labute approximate surface area is 175 Å². The zero-order valence-electron chi connectivity index (χ0n) is 17.5. The van der Waals surface area contributed by atoms with Crippen molar-refractivity contribution in [2.24, 2.45) is 28.6 Å². The predicted molar refractivity (Wildman–Crippen MR) is 105 cm³/mol. The number of carbonyl (C=O) groups is 3. The third-order valence-corrected chi connectivity index (χ3v) is 8.56. The first-order valence-electron chi connectivity index (χ1n) is 10.5. The Kier molecular flexibility index (Phi) is 4.68.